The van der Waals surface area contributed by atoms with E-state index >= 15 is 0 Å². The molecule has 1 aliphatic carbocycles. The molecule has 24 heavy (non-hydrogen) atoms. The van der Waals surface area contributed by atoms with Gasteiger partial charge in [-0.05, 0) is 32.3 Å². The van der Waals surface area contributed by atoms with Crippen LogP contribution in [0, 0.1) is 22.9 Å². The number of halogens is 1. The van der Waals surface area contributed by atoms with Crippen molar-refractivity contribution in [1.82, 2.24) is 5.32 Å². The van der Waals surface area contributed by atoms with Gasteiger partial charge in [-0.25, -0.2) is 4.39 Å². The first-order valence-corrected chi connectivity index (χ1v) is 8.33. The van der Waals surface area contributed by atoms with E-state index in [1.54, 1.807) is 0 Å². The topological polar surface area (TPSA) is 81.5 Å². The van der Waals surface area contributed by atoms with E-state index in [9.17, 15) is 19.3 Å². The van der Waals surface area contributed by atoms with Crippen molar-refractivity contribution in [3.05, 3.63) is 39.2 Å². The Kier molecular flexibility index (Phi) is 6.66. The van der Waals surface area contributed by atoms with Crippen LogP contribution in [0.2, 0.25) is 0 Å². The maximum absolute atomic E-state index is 13.7. The Labute approximate surface area is 140 Å². The number of nitrogens with zero attached hydrogens (tertiary/aromatic N) is 1. The fraction of sp³-hybridized carbons (Fsp3) is 0.588. The molecule has 132 valence electrons. The predicted octanol–water partition coefficient (Wildman–Crippen LogP) is 3.51. The van der Waals surface area contributed by atoms with Gasteiger partial charge in [-0.15, -0.1) is 0 Å². The number of hydrogen-bond acceptors (Lipinski definition) is 4. The average Bonchev–Trinajstić information content (AvgIpc) is 2.57. The van der Waals surface area contributed by atoms with E-state index in [1.165, 1.54) is 26.2 Å². The van der Waals surface area contributed by atoms with Crippen LogP contribution < -0.4 is 5.32 Å². The summed E-state index contributed by atoms with van der Waals surface area (Å²) in [6, 6.07) is 2.13. The van der Waals surface area contributed by atoms with Crippen LogP contribution >= 0.6 is 0 Å². The molecule has 0 aromatic heterocycles. The molecule has 1 saturated carbocycles. The van der Waals surface area contributed by atoms with Gasteiger partial charge in [-0.1, -0.05) is 19.3 Å². The highest BCUT2D eigenvalue weighted by Gasteiger charge is 2.19. The summed E-state index contributed by atoms with van der Waals surface area (Å²) in [5, 5.41) is 13.5. The fourth-order valence-corrected chi connectivity index (χ4v) is 2.84. The first kappa shape index (κ1) is 18.3. The van der Waals surface area contributed by atoms with Crippen molar-refractivity contribution in [2.24, 2.45) is 0 Å². The van der Waals surface area contributed by atoms with E-state index in [4.69, 9.17) is 4.74 Å². The fourth-order valence-electron chi connectivity index (χ4n) is 2.84. The Morgan fingerprint density at radius 2 is 2.08 bits per heavy atom. The molecule has 1 fully saturated rings. The average molecular weight is 338 g/mol. The molecule has 1 aromatic carbocycles. The summed E-state index contributed by atoms with van der Waals surface area (Å²) in [5.41, 5.74) is -0.504. The number of amides is 1. The monoisotopic (exact) mass is 338 g/mol. The summed E-state index contributed by atoms with van der Waals surface area (Å²) in [4.78, 5) is 22.2. The Morgan fingerprint density at radius 1 is 1.38 bits per heavy atom. The minimum absolute atomic E-state index is 0.0435. The summed E-state index contributed by atoms with van der Waals surface area (Å²) < 4.78 is 19.5. The van der Waals surface area contributed by atoms with Crippen LogP contribution in [0.3, 0.4) is 0 Å². The number of nitrogens with one attached hydrogen (secondary N) is 1. The number of benzene rings is 1. The summed E-state index contributed by atoms with van der Waals surface area (Å²) >= 11 is 0. The lowest BCUT2D eigenvalue weighted by Gasteiger charge is -2.21. The van der Waals surface area contributed by atoms with Crippen LogP contribution in [-0.4, -0.2) is 30.1 Å². The van der Waals surface area contributed by atoms with Crippen LogP contribution in [0.5, 0.6) is 0 Å². The predicted molar refractivity (Wildman–Crippen MR) is 87.6 cm³/mol. The molecule has 0 radical (unpaired) electrons. The molecule has 0 atom stereocenters. The molecule has 1 amide bonds. The van der Waals surface area contributed by atoms with Crippen LogP contribution in [0.1, 0.15) is 54.4 Å². The Morgan fingerprint density at radius 3 is 2.75 bits per heavy atom. The van der Waals surface area contributed by atoms with E-state index in [0.717, 1.165) is 25.0 Å². The minimum Gasteiger partial charge on any atom is -0.378 e. The van der Waals surface area contributed by atoms with Crippen molar-refractivity contribution < 1.29 is 18.8 Å². The Balaban J connectivity index is 1.79. The van der Waals surface area contributed by atoms with Gasteiger partial charge in [-0.3, -0.25) is 14.9 Å². The second kappa shape index (κ2) is 8.73. The first-order chi connectivity index (χ1) is 11.5. The molecule has 0 unspecified atom stereocenters. The highest BCUT2D eigenvalue weighted by Crippen LogP contribution is 2.23. The quantitative estimate of drug-likeness (QED) is 0.468. The molecule has 0 saturated heterocycles. The Bertz CT molecular complexity index is 600. The zero-order chi connectivity index (χ0) is 17.5. The summed E-state index contributed by atoms with van der Waals surface area (Å²) in [5.74, 6) is -1.27. The third-order valence-corrected chi connectivity index (χ3v) is 4.29. The second-order valence-corrected chi connectivity index (χ2v) is 6.10. The van der Waals surface area contributed by atoms with Gasteiger partial charge >= 0.3 is 0 Å². The van der Waals surface area contributed by atoms with Gasteiger partial charge < -0.3 is 10.1 Å². The molecule has 6 nitrogen and oxygen atoms in total. The number of nitro groups is 1. The lowest BCUT2D eigenvalue weighted by atomic mass is 9.98. The van der Waals surface area contributed by atoms with Gasteiger partial charge in [0, 0.05) is 24.8 Å². The van der Waals surface area contributed by atoms with Crippen LogP contribution in [-0.2, 0) is 4.74 Å². The molecule has 0 aliphatic heterocycles. The van der Waals surface area contributed by atoms with Crippen LogP contribution in [0.25, 0.3) is 0 Å². The zero-order valence-corrected chi connectivity index (χ0v) is 13.8. The summed E-state index contributed by atoms with van der Waals surface area (Å²) in [6.45, 7) is 2.26. The molecule has 1 aliphatic rings. The number of hydrogen-bond donors (Lipinski definition) is 1. The molecular weight excluding hydrogens is 315 g/mol. The van der Waals surface area contributed by atoms with E-state index in [1.807, 2.05) is 0 Å². The smallest absolute Gasteiger partial charge is 0.276 e. The van der Waals surface area contributed by atoms with Gasteiger partial charge in [0.25, 0.3) is 11.6 Å². The van der Waals surface area contributed by atoms with Gasteiger partial charge in [0.1, 0.15) is 5.82 Å². The highest BCUT2D eigenvalue weighted by atomic mass is 19.1. The molecule has 1 N–H and O–H groups in total. The van der Waals surface area contributed by atoms with Crippen LogP contribution in [0.4, 0.5) is 10.1 Å². The van der Waals surface area contributed by atoms with Gasteiger partial charge in [0.05, 0.1) is 16.6 Å². The number of nitro benzene ring substituents is 1. The number of carbonyl (C=O) groups is 1. The largest absolute Gasteiger partial charge is 0.378 e. The summed E-state index contributed by atoms with van der Waals surface area (Å²) in [7, 11) is 0. The van der Waals surface area contributed by atoms with E-state index in [2.05, 4.69) is 5.32 Å². The first-order valence-electron chi connectivity index (χ1n) is 8.33. The van der Waals surface area contributed by atoms with E-state index < -0.39 is 16.6 Å². The van der Waals surface area contributed by atoms with Crippen LogP contribution in [0.15, 0.2) is 12.1 Å². The molecule has 2 rings (SSSR count). The SMILES string of the molecule is Cc1c(F)cc(C(=O)NCCCOC2CCCCC2)cc1[N+](=O)[O-]. The van der Waals surface area contributed by atoms with Gasteiger partial charge in [0.2, 0.25) is 0 Å². The second-order valence-electron chi connectivity index (χ2n) is 6.10. The van der Waals surface area contributed by atoms with Crippen molar-refractivity contribution in [3.63, 3.8) is 0 Å². The minimum atomic E-state index is -0.755. The van der Waals surface area contributed by atoms with Crippen molar-refractivity contribution >= 4 is 11.6 Å². The van der Waals surface area contributed by atoms with Gasteiger partial charge in [0.15, 0.2) is 0 Å². The number of carbonyl (C=O) groups excluding carboxylic acids is 1. The molecule has 1 aromatic rings. The highest BCUT2D eigenvalue weighted by molar-refractivity contribution is 5.95. The zero-order valence-electron chi connectivity index (χ0n) is 13.8. The normalized spacial score (nSPS) is 15.2. The van der Waals surface area contributed by atoms with E-state index in [0.29, 0.717) is 25.7 Å². The lowest BCUT2D eigenvalue weighted by Crippen LogP contribution is -2.26. The molecule has 0 heterocycles. The third-order valence-electron chi connectivity index (χ3n) is 4.29. The molecule has 7 heteroatoms. The van der Waals surface area contributed by atoms with Crippen molar-refractivity contribution in [1.29, 1.82) is 0 Å². The standard InChI is InChI=1S/C17H23FN2O4/c1-12-15(18)10-13(11-16(12)20(22)23)17(21)19-8-5-9-24-14-6-3-2-4-7-14/h10-11,14H,2-9H2,1H3,(H,19,21). The molecule has 0 spiro atoms. The third kappa shape index (κ3) is 4.99. The maximum atomic E-state index is 13.7. The van der Waals surface area contributed by atoms with Crippen molar-refractivity contribution in [3.8, 4) is 0 Å². The Hall–Kier alpha value is -2.02. The van der Waals surface area contributed by atoms with Gasteiger partial charge in [-0.2, -0.15) is 0 Å². The lowest BCUT2D eigenvalue weighted by molar-refractivity contribution is -0.385. The molecular formula is C17H23FN2O4. The maximum Gasteiger partial charge on any atom is 0.276 e. The number of rotatable bonds is 7. The number of ether oxygens (including phenoxy) is 1. The van der Waals surface area contributed by atoms with Crippen molar-refractivity contribution in [2.45, 2.75) is 51.6 Å². The summed E-state index contributed by atoms with van der Waals surface area (Å²) in [6.07, 6.45) is 6.85. The van der Waals surface area contributed by atoms with Crippen molar-refractivity contribution in [2.75, 3.05) is 13.2 Å². The molecule has 0 bridgehead atoms. The van der Waals surface area contributed by atoms with E-state index in [-0.39, 0.29) is 16.8 Å².